The fraction of sp³-hybridized carbons (Fsp3) is 0.650. The molecule has 1 aliphatic carbocycles. The zero-order valence-electron chi connectivity index (χ0n) is 15.0. The van der Waals surface area contributed by atoms with Crippen LogP contribution in [0, 0.1) is 5.41 Å². The van der Waals surface area contributed by atoms with Crippen LogP contribution < -0.4 is 10.2 Å². The van der Waals surface area contributed by atoms with E-state index in [4.69, 9.17) is 4.74 Å². The quantitative estimate of drug-likeness (QED) is 0.828. The third kappa shape index (κ3) is 4.95. The Kier molecular flexibility index (Phi) is 6.32. The highest BCUT2D eigenvalue weighted by atomic mass is 16.5. The number of hydrogen-bond acceptors (Lipinski definition) is 4. The van der Waals surface area contributed by atoms with Crippen LogP contribution in [0.3, 0.4) is 0 Å². The molecule has 1 heterocycles. The van der Waals surface area contributed by atoms with Gasteiger partial charge in [-0.2, -0.15) is 0 Å². The molecule has 1 saturated carbocycles. The van der Waals surface area contributed by atoms with Crippen LogP contribution in [0.4, 0.5) is 5.69 Å². The Bertz CT molecular complexity index is 547. The standard InChI is InChI=1S/C20H30N2O3/c23-16-20(8-2-1-3-9-20)15-21-19(24)14-17-4-6-18(7-5-17)22-10-12-25-13-11-22/h4-7,23H,1-3,8-16H2,(H,21,24). The zero-order chi connectivity index (χ0) is 17.5. The average Bonchev–Trinajstić information content (AvgIpc) is 2.68. The summed E-state index contributed by atoms with van der Waals surface area (Å²) in [6.07, 6.45) is 5.96. The summed E-state index contributed by atoms with van der Waals surface area (Å²) in [7, 11) is 0. The molecule has 0 aromatic heterocycles. The van der Waals surface area contributed by atoms with Gasteiger partial charge in [-0.15, -0.1) is 0 Å². The van der Waals surface area contributed by atoms with Crippen molar-refractivity contribution in [3.8, 4) is 0 Å². The molecule has 2 aliphatic rings. The summed E-state index contributed by atoms with van der Waals surface area (Å²) in [6, 6.07) is 8.24. The van der Waals surface area contributed by atoms with Crippen LogP contribution >= 0.6 is 0 Å². The van der Waals surface area contributed by atoms with Crippen LogP contribution in [0.1, 0.15) is 37.7 Å². The summed E-state index contributed by atoms with van der Waals surface area (Å²) >= 11 is 0. The molecule has 1 saturated heterocycles. The van der Waals surface area contributed by atoms with Crippen molar-refractivity contribution in [3.05, 3.63) is 29.8 Å². The van der Waals surface area contributed by atoms with Crippen molar-refractivity contribution in [3.63, 3.8) is 0 Å². The number of morpholine rings is 1. The summed E-state index contributed by atoms with van der Waals surface area (Å²) in [4.78, 5) is 14.6. The first-order chi connectivity index (χ1) is 12.2. The Balaban J connectivity index is 1.49. The van der Waals surface area contributed by atoms with Gasteiger partial charge in [0.05, 0.1) is 26.2 Å². The lowest BCUT2D eigenvalue weighted by atomic mass is 9.74. The fourth-order valence-electron chi connectivity index (χ4n) is 3.87. The van der Waals surface area contributed by atoms with Crippen LogP contribution in [0.2, 0.25) is 0 Å². The maximum Gasteiger partial charge on any atom is 0.224 e. The maximum atomic E-state index is 12.3. The minimum absolute atomic E-state index is 0.0394. The van der Waals surface area contributed by atoms with Crippen molar-refractivity contribution in [2.45, 2.75) is 38.5 Å². The smallest absolute Gasteiger partial charge is 0.224 e. The number of hydrogen-bond donors (Lipinski definition) is 2. The number of nitrogens with zero attached hydrogens (tertiary/aromatic N) is 1. The minimum Gasteiger partial charge on any atom is -0.396 e. The van der Waals surface area contributed by atoms with Crippen LogP contribution in [-0.4, -0.2) is 50.5 Å². The Morgan fingerprint density at radius 2 is 1.80 bits per heavy atom. The third-order valence-electron chi connectivity index (χ3n) is 5.59. The lowest BCUT2D eigenvalue weighted by molar-refractivity contribution is -0.121. The molecule has 2 N–H and O–H groups in total. The molecule has 5 heteroatoms. The second kappa shape index (κ2) is 8.68. The van der Waals surface area contributed by atoms with Crippen molar-refractivity contribution in [1.29, 1.82) is 0 Å². The number of carbonyl (C=O) groups is 1. The SMILES string of the molecule is O=C(Cc1ccc(N2CCOCC2)cc1)NCC1(CO)CCCCC1. The van der Waals surface area contributed by atoms with E-state index < -0.39 is 0 Å². The van der Waals surface area contributed by atoms with Gasteiger partial charge in [-0.05, 0) is 30.5 Å². The summed E-state index contributed by atoms with van der Waals surface area (Å²) < 4.78 is 5.38. The van der Waals surface area contributed by atoms with Crippen molar-refractivity contribution in [2.24, 2.45) is 5.41 Å². The molecular formula is C20H30N2O3. The number of anilines is 1. The number of aliphatic hydroxyl groups excluding tert-OH is 1. The van der Waals surface area contributed by atoms with Gasteiger partial charge >= 0.3 is 0 Å². The molecule has 138 valence electrons. The minimum atomic E-state index is -0.103. The predicted molar refractivity (Wildman–Crippen MR) is 98.8 cm³/mol. The Labute approximate surface area is 150 Å². The van der Waals surface area contributed by atoms with Gasteiger partial charge in [0.25, 0.3) is 0 Å². The Hall–Kier alpha value is -1.59. The monoisotopic (exact) mass is 346 g/mol. The maximum absolute atomic E-state index is 12.3. The molecule has 1 aromatic rings. The van der Waals surface area contributed by atoms with Crippen molar-refractivity contribution < 1.29 is 14.6 Å². The van der Waals surface area contributed by atoms with E-state index in [9.17, 15) is 9.90 Å². The van der Waals surface area contributed by atoms with E-state index in [-0.39, 0.29) is 17.9 Å². The second-order valence-electron chi connectivity index (χ2n) is 7.44. The summed E-state index contributed by atoms with van der Waals surface area (Å²) in [6.45, 7) is 4.15. The largest absolute Gasteiger partial charge is 0.396 e. The van der Waals surface area contributed by atoms with E-state index >= 15 is 0 Å². The van der Waals surface area contributed by atoms with Gasteiger partial charge in [0.2, 0.25) is 5.91 Å². The molecule has 2 fully saturated rings. The Morgan fingerprint density at radius 3 is 2.44 bits per heavy atom. The Morgan fingerprint density at radius 1 is 1.12 bits per heavy atom. The van der Waals surface area contributed by atoms with Crippen LogP contribution in [-0.2, 0) is 16.0 Å². The second-order valence-corrected chi connectivity index (χ2v) is 7.44. The van der Waals surface area contributed by atoms with Gasteiger partial charge in [-0.1, -0.05) is 31.4 Å². The molecule has 0 unspecified atom stereocenters. The van der Waals surface area contributed by atoms with Gasteiger partial charge in [0.1, 0.15) is 0 Å². The summed E-state index contributed by atoms with van der Waals surface area (Å²) in [5, 5.41) is 12.8. The normalized spacial score (nSPS) is 20.3. The fourth-order valence-corrected chi connectivity index (χ4v) is 3.87. The number of amides is 1. The zero-order valence-corrected chi connectivity index (χ0v) is 15.0. The first kappa shape index (κ1) is 18.2. The highest BCUT2D eigenvalue weighted by Crippen LogP contribution is 2.35. The number of nitrogens with one attached hydrogen (secondary N) is 1. The average molecular weight is 346 g/mol. The molecule has 0 atom stereocenters. The first-order valence-corrected chi connectivity index (χ1v) is 9.50. The van der Waals surface area contributed by atoms with E-state index in [2.05, 4.69) is 22.3 Å². The van der Waals surface area contributed by atoms with E-state index in [1.807, 2.05) is 12.1 Å². The molecule has 1 aromatic carbocycles. The molecule has 0 radical (unpaired) electrons. The molecule has 25 heavy (non-hydrogen) atoms. The molecule has 1 amide bonds. The number of rotatable bonds is 6. The van der Waals surface area contributed by atoms with E-state index in [1.165, 1.54) is 12.1 Å². The topological polar surface area (TPSA) is 61.8 Å². The molecule has 0 spiro atoms. The van der Waals surface area contributed by atoms with Crippen molar-refractivity contribution in [2.75, 3.05) is 44.4 Å². The van der Waals surface area contributed by atoms with Crippen molar-refractivity contribution >= 4 is 11.6 Å². The highest BCUT2D eigenvalue weighted by molar-refractivity contribution is 5.78. The predicted octanol–water partition coefficient (Wildman–Crippen LogP) is 2.12. The van der Waals surface area contributed by atoms with Crippen LogP contribution in [0.15, 0.2) is 24.3 Å². The van der Waals surface area contributed by atoms with Crippen molar-refractivity contribution in [1.82, 2.24) is 5.32 Å². The molecule has 5 nitrogen and oxygen atoms in total. The molecule has 0 bridgehead atoms. The number of aliphatic hydroxyl groups is 1. The molecular weight excluding hydrogens is 316 g/mol. The van der Waals surface area contributed by atoms with Gasteiger partial charge in [0, 0.05) is 30.7 Å². The first-order valence-electron chi connectivity index (χ1n) is 9.50. The van der Waals surface area contributed by atoms with Gasteiger partial charge in [0.15, 0.2) is 0 Å². The van der Waals surface area contributed by atoms with Gasteiger partial charge in [-0.25, -0.2) is 0 Å². The van der Waals surface area contributed by atoms with E-state index in [0.29, 0.717) is 13.0 Å². The number of benzene rings is 1. The number of ether oxygens (including phenoxy) is 1. The highest BCUT2D eigenvalue weighted by Gasteiger charge is 2.31. The number of carbonyl (C=O) groups excluding carboxylic acids is 1. The lowest BCUT2D eigenvalue weighted by Gasteiger charge is -2.35. The van der Waals surface area contributed by atoms with E-state index in [0.717, 1.165) is 57.6 Å². The summed E-state index contributed by atoms with van der Waals surface area (Å²) in [5.41, 5.74) is 2.11. The van der Waals surface area contributed by atoms with Gasteiger partial charge in [-0.3, -0.25) is 4.79 Å². The van der Waals surface area contributed by atoms with Crippen LogP contribution in [0.5, 0.6) is 0 Å². The van der Waals surface area contributed by atoms with E-state index in [1.54, 1.807) is 0 Å². The van der Waals surface area contributed by atoms with Crippen LogP contribution in [0.25, 0.3) is 0 Å². The summed E-state index contributed by atoms with van der Waals surface area (Å²) in [5.74, 6) is 0.0394. The van der Waals surface area contributed by atoms with Gasteiger partial charge < -0.3 is 20.1 Å². The molecule has 3 rings (SSSR count). The lowest BCUT2D eigenvalue weighted by Crippen LogP contribution is -2.41. The molecule has 1 aliphatic heterocycles. The third-order valence-corrected chi connectivity index (χ3v) is 5.59.